The van der Waals surface area contributed by atoms with Crippen molar-refractivity contribution in [1.82, 2.24) is 0 Å². The van der Waals surface area contributed by atoms with Gasteiger partial charge in [0.25, 0.3) is 11.1 Å². The normalized spacial score (nSPS) is 15.0. The number of anilines is 1. The van der Waals surface area contributed by atoms with E-state index >= 15 is 0 Å². The fourth-order valence-corrected chi connectivity index (χ4v) is 3.03. The first kappa shape index (κ1) is 16.7. The lowest BCUT2D eigenvalue weighted by molar-refractivity contribution is 0.0973. The van der Waals surface area contributed by atoms with Gasteiger partial charge in [-0.15, -0.1) is 0 Å². The van der Waals surface area contributed by atoms with Crippen LogP contribution in [0.25, 0.3) is 0 Å². The first-order valence-corrected chi connectivity index (χ1v) is 8.25. The summed E-state index contributed by atoms with van der Waals surface area (Å²) in [5.41, 5.74) is 0.352. The highest BCUT2D eigenvalue weighted by molar-refractivity contribution is 6.67. The minimum Gasteiger partial charge on any atom is -0.302 e. The molecule has 0 bridgehead atoms. The molecular weight excluding hydrogens is 329 g/mol. The van der Waals surface area contributed by atoms with Gasteiger partial charge < -0.3 is 4.90 Å². The summed E-state index contributed by atoms with van der Waals surface area (Å²) in [6.45, 7) is 1.91. The summed E-state index contributed by atoms with van der Waals surface area (Å²) in [6, 6.07) is 13.0. The van der Waals surface area contributed by atoms with Crippen LogP contribution in [0.2, 0.25) is 0 Å². The molecule has 2 aromatic rings. The maximum atomic E-state index is 14.8. The number of amides is 1. The number of nitrogens with zero attached hydrogens (tertiary/aromatic N) is 1. The second-order valence-corrected chi connectivity index (χ2v) is 6.37. The van der Waals surface area contributed by atoms with Crippen molar-refractivity contribution in [2.75, 3.05) is 4.90 Å². The standard InChI is InChI=1S/C19H17ClFNO2/c1-12(13-10-11-13)22(19(24)14-6-3-2-4-7-14)16-9-5-8-15(17(16)21)18(20)23/h2-9,12-13H,10-11H2,1H3. The molecule has 0 heterocycles. The van der Waals surface area contributed by atoms with E-state index < -0.39 is 11.1 Å². The topological polar surface area (TPSA) is 37.4 Å². The zero-order valence-electron chi connectivity index (χ0n) is 13.2. The number of carbonyl (C=O) groups excluding carboxylic acids is 2. The molecule has 1 amide bonds. The molecule has 0 aliphatic heterocycles. The van der Waals surface area contributed by atoms with Gasteiger partial charge in [-0.2, -0.15) is 0 Å². The van der Waals surface area contributed by atoms with E-state index in [1.807, 2.05) is 13.0 Å². The van der Waals surface area contributed by atoms with E-state index in [9.17, 15) is 14.0 Å². The van der Waals surface area contributed by atoms with E-state index in [0.717, 1.165) is 12.8 Å². The Bertz CT molecular complexity index is 774. The Kier molecular flexibility index (Phi) is 4.67. The molecule has 2 aromatic carbocycles. The van der Waals surface area contributed by atoms with Crippen molar-refractivity contribution in [3.05, 3.63) is 65.5 Å². The van der Waals surface area contributed by atoms with E-state index in [-0.39, 0.29) is 23.2 Å². The monoisotopic (exact) mass is 345 g/mol. The van der Waals surface area contributed by atoms with Crippen LogP contribution in [0.15, 0.2) is 48.5 Å². The molecule has 0 aromatic heterocycles. The molecule has 1 aliphatic rings. The molecule has 24 heavy (non-hydrogen) atoms. The number of benzene rings is 2. The molecule has 1 aliphatic carbocycles. The Labute approximate surface area is 145 Å². The fourth-order valence-electron chi connectivity index (χ4n) is 2.88. The van der Waals surface area contributed by atoms with Crippen LogP contribution < -0.4 is 4.90 Å². The number of hydrogen-bond acceptors (Lipinski definition) is 2. The predicted octanol–water partition coefficient (Wildman–Crippen LogP) is 4.65. The van der Waals surface area contributed by atoms with Crippen molar-refractivity contribution in [2.24, 2.45) is 5.92 Å². The minimum atomic E-state index is -0.875. The highest BCUT2D eigenvalue weighted by Gasteiger charge is 2.37. The van der Waals surface area contributed by atoms with Gasteiger partial charge in [0.1, 0.15) is 0 Å². The van der Waals surface area contributed by atoms with Gasteiger partial charge in [-0.3, -0.25) is 9.59 Å². The van der Waals surface area contributed by atoms with Crippen molar-refractivity contribution in [1.29, 1.82) is 0 Å². The third-order valence-electron chi connectivity index (χ3n) is 4.40. The molecule has 0 saturated heterocycles. The number of carbonyl (C=O) groups is 2. The summed E-state index contributed by atoms with van der Waals surface area (Å²) in [6.07, 6.45) is 2.02. The third-order valence-corrected chi connectivity index (χ3v) is 4.60. The molecule has 1 saturated carbocycles. The van der Waals surface area contributed by atoms with Gasteiger partial charge in [0.2, 0.25) is 0 Å². The van der Waals surface area contributed by atoms with Crippen molar-refractivity contribution >= 4 is 28.4 Å². The molecular formula is C19H17ClFNO2. The van der Waals surface area contributed by atoms with Gasteiger partial charge >= 0.3 is 0 Å². The Balaban J connectivity index is 2.07. The van der Waals surface area contributed by atoms with Crippen LogP contribution in [0.1, 0.15) is 40.5 Å². The van der Waals surface area contributed by atoms with Gasteiger partial charge in [-0.1, -0.05) is 24.3 Å². The van der Waals surface area contributed by atoms with Crippen LogP contribution in [-0.2, 0) is 0 Å². The van der Waals surface area contributed by atoms with Crippen molar-refractivity contribution in [3.63, 3.8) is 0 Å². The molecule has 0 spiro atoms. The lowest BCUT2D eigenvalue weighted by Crippen LogP contribution is -2.41. The summed E-state index contributed by atoms with van der Waals surface area (Å²) in [5, 5.41) is -0.875. The average Bonchev–Trinajstić information content (AvgIpc) is 3.42. The summed E-state index contributed by atoms with van der Waals surface area (Å²) in [5.74, 6) is -0.699. The molecule has 5 heteroatoms. The molecule has 3 rings (SSSR count). The molecule has 0 radical (unpaired) electrons. The Morgan fingerprint density at radius 3 is 2.38 bits per heavy atom. The summed E-state index contributed by atoms with van der Waals surface area (Å²) >= 11 is 5.45. The van der Waals surface area contributed by atoms with Crippen molar-refractivity contribution in [3.8, 4) is 0 Å². The van der Waals surface area contributed by atoms with Crippen molar-refractivity contribution in [2.45, 2.75) is 25.8 Å². The van der Waals surface area contributed by atoms with Gasteiger partial charge in [-0.05, 0) is 61.5 Å². The predicted molar refractivity (Wildman–Crippen MR) is 92.0 cm³/mol. The quantitative estimate of drug-likeness (QED) is 0.740. The summed E-state index contributed by atoms with van der Waals surface area (Å²) < 4.78 is 14.8. The van der Waals surface area contributed by atoms with E-state index in [1.165, 1.54) is 17.0 Å². The number of hydrogen-bond donors (Lipinski definition) is 0. The lowest BCUT2D eigenvalue weighted by Gasteiger charge is -2.30. The van der Waals surface area contributed by atoms with Gasteiger partial charge in [0.05, 0.1) is 11.3 Å². The summed E-state index contributed by atoms with van der Waals surface area (Å²) in [7, 11) is 0. The highest BCUT2D eigenvalue weighted by Crippen LogP contribution is 2.38. The second kappa shape index (κ2) is 6.73. The first-order valence-electron chi connectivity index (χ1n) is 7.87. The SMILES string of the molecule is CC(C1CC1)N(C(=O)c1ccccc1)c1cccc(C(=O)Cl)c1F. The zero-order chi connectivity index (χ0) is 17.3. The van der Waals surface area contributed by atoms with Crippen molar-refractivity contribution < 1.29 is 14.0 Å². The smallest absolute Gasteiger partial charge is 0.258 e. The van der Waals surface area contributed by atoms with E-state index in [2.05, 4.69) is 0 Å². The van der Waals surface area contributed by atoms with Gasteiger partial charge in [0, 0.05) is 11.6 Å². The van der Waals surface area contributed by atoms with Crippen LogP contribution in [-0.4, -0.2) is 17.2 Å². The number of halogens is 2. The molecule has 1 fully saturated rings. The van der Waals surface area contributed by atoms with E-state index in [1.54, 1.807) is 30.3 Å². The van der Waals surface area contributed by atoms with Gasteiger partial charge in [0.15, 0.2) is 5.82 Å². The molecule has 3 nitrogen and oxygen atoms in total. The number of rotatable bonds is 5. The Morgan fingerprint density at radius 1 is 1.12 bits per heavy atom. The molecule has 0 N–H and O–H groups in total. The zero-order valence-corrected chi connectivity index (χ0v) is 14.0. The highest BCUT2D eigenvalue weighted by atomic mass is 35.5. The maximum Gasteiger partial charge on any atom is 0.258 e. The summed E-state index contributed by atoms with van der Waals surface area (Å²) in [4.78, 5) is 25.9. The third kappa shape index (κ3) is 3.20. The Morgan fingerprint density at radius 2 is 1.79 bits per heavy atom. The first-order chi connectivity index (χ1) is 11.5. The minimum absolute atomic E-state index is 0.0924. The second-order valence-electron chi connectivity index (χ2n) is 6.03. The van der Waals surface area contributed by atoms with Crippen LogP contribution in [0.5, 0.6) is 0 Å². The Hall–Kier alpha value is -2.20. The van der Waals surface area contributed by atoms with Crippen LogP contribution in [0.4, 0.5) is 10.1 Å². The van der Waals surface area contributed by atoms with Gasteiger partial charge in [-0.25, -0.2) is 4.39 Å². The van der Waals surface area contributed by atoms with E-state index in [4.69, 9.17) is 11.6 Å². The molecule has 1 unspecified atom stereocenters. The lowest BCUT2D eigenvalue weighted by atomic mass is 10.1. The molecule has 1 atom stereocenters. The largest absolute Gasteiger partial charge is 0.302 e. The maximum absolute atomic E-state index is 14.8. The fraction of sp³-hybridized carbons (Fsp3) is 0.263. The average molecular weight is 346 g/mol. The van der Waals surface area contributed by atoms with Crippen LogP contribution >= 0.6 is 11.6 Å². The van der Waals surface area contributed by atoms with Crippen LogP contribution in [0, 0.1) is 11.7 Å². The molecule has 124 valence electrons. The van der Waals surface area contributed by atoms with Crippen LogP contribution in [0.3, 0.4) is 0 Å². The van der Waals surface area contributed by atoms with E-state index in [0.29, 0.717) is 11.5 Å².